The van der Waals surface area contributed by atoms with E-state index in [4.69, 9.17) is 19.2 Å². The van der Waals surface area contributed by atoms with Gasteiger partial charge < -0.3 is 24.4 Å². The first kappa shape index (κ1) is 29.0. The van der Waals surface area contributed by atoms with Crippen molar-refractivity contribution >= 4 is 24.0 Å². The first-order valence-corrected chi connectivity index (χ1v) is 13.0. The quantitative estimate of drug-likeness (QED) is 0.452. The average molecular weight is 530 g/mol. The minimum atomic E-state index is -0.0736. The van der Waals surface area contributed by atoms with Gasteiger partial charge in [-0.05, 0) is 77.0 Å². The molecule has 0 saturated carbocycles. The van der Waals surface area contributed by atoms with E-state index >= 15 is 0 Å². The molecule has 2 aromatic carbocycles. The summed E-state index contributed by atoms with van der Waals surface area (Å²) in [5.74, 6) is 1.73. The third-order valence-electron chi connectivity index (χ3n) is 6.84. The number of nitrogens with one attached hydrogen (secondary N) is 1. The maximum absolute atomic E-state index is 12.6. The second kappa shape index (κ2) is 13.3. The van der Waals surface area contributed by atoms with E-state index in [0.29, 0.717) is 37.0 Å². The van der Waals surface area contributed by atoms with Gasteiger partial charge in [0.05, 0.1) is 31.6 Å². The lowest BCUT2D eigenvalue weighted by Gasteiger charge is -2.39. The van der Waals surface area contributed by atoms with Crippen molar-refractivity contribution in [2.24, 2.45) is 4.99 Å². The van der Waals surface area contributed by atoms with Crippen molar-refractivity contribution in [1.29, 1.82) is 0 Å². The standard InChI is InChI=1S/C29H39N3O4.ClH/c1-6-35-27-16-22-23(17-26(27)34-5)28(31-25-12-14-32(4)18-24(22)25)20-8-10-21(11-9-20)29(33)30-13-7-15-36-19(2)3;/h8-11,16-17,19,24-25H,6-7,12-15,18H2,1-5H3,(H,30,33);1H/t24-,25-;/m1./s1. The summed E-state index contributed by atoms with van der Waals surface area (Å²) >= 11 is 0. The van der Waals surface area contributed by atoms with Gasteiger partial charge in [0.25, 0.3) is 5.91 Å². The maximum atomic E-state index is 12.6. The molecule has 0 unspecified atom stereocenters. The fourth-order valence-corrected chi connectivity index (χ4v) is 5.02. The van der Waals surface area contributed by atoms with Gasteiger partial charge in [0.2, 0.25) is 0 Å². The molecule has 4 rings (SSSR count). The molecule has 1 amide bonds. The van der Waals surface area contributed by atoms with E-state index in [1.165, 1.54) is 5.56 Å². The number of likely N-dealkylation sites (tertiary alicyclic amines) is 1. The van der Waals surface area contributed by atoms with Crippen LogP contribution >= 0.6 is 12.4 Å². The molecule has 0 bridgehead atoms. The molecule has 1 saturated heterocycles. The molecule has 1 fully saturated rings. The molecule has 0 spiro atoms. The van der Waals surface area contributed by atoms with Crippen molar-refractivity contribution in [3.8, 4) is 11.5 Å². The molecule has 0 aliphatic carbocycles. The van der Waals surface area contributed by atoms with E-state index in [1.807, 2.05) is 45.0 Å². The third-order valence-corrected chi connectivity index (χ3v) is 6.84. The van der Waals surface area contributed by atoms with Crippen LogP contribution in [-0.2, 0) is 4.74 Å². The Morgan fingerprint density at radius 3 is 2.62 bits per heavy atom. The van der Waals surface area contributed by atoms with Crippen LogP contribution in [0, 0.1) is 0 Å². The molecular weight excluding hydrogens is 490 g/mol. The minimum absolute atomic E-state index is 0. The lowest BCUT2D eigenvalue weighted by atomic mass is 9.79. The van der Waals surface area contributed by atoms with Crippen LogP contribution in [0.5, 0.6) is 11.5 Å². The summed E-state index contributed by atoms with van der Waals surface area (Å²) in [5.41, 5.74) is 4.93. The zero-order valence-corrected chi connectivity index (χ0v) is 23.4. The lowest BCUT2D eigenvalue weighted by Crippen LogP contribution is -2.41. The zero-order valence-electron chi connectivity index (χ0n) is 22.6. The molecule has 1 N–H and O–H groups in total. The number of aliphatic imine (C=N–C) groups is 1. The largest absolute Gasteiger partial charge is 0.493 e. The van der Waals surface area contributed by atoms with E-state index in [9.17, 15) is 4.79 Å². The van der Waals surface area contributed by atoms with Crippen LogP contribution in [-0.4, -0.2) is 75.7 Å². The molecule has 2 heterocycles. The molecular formula is C29H40ClN3O4. The highest BCUT2D eigenvalue weighted by molar-refractivity contribution is 6.15. The van der Waals surface area contributed by atoms with E-state index in [0.717, 1.165) is 48.5 Å². The van der Waals surface area contributed by atoms with Crippen LogP contribution in [0.25, 0.3) is 0 Å². The number of hydrogen-bond acceptors (Lipinski definition) is 6. The van der Waals surface area contributed by atoms with Crippen molar-refractivity contribution in [2.75, 3.05) is 47.0 Å². The summed E-state index contributed by atoms with van der Waals surface area (Å²) in [6, 6.07) is 12.2. The Hall–Kier alpha value is -2.61. The fourth-order valence-electron chi connectivity index (χ4n) is 5.02. The summed E-state index contributed by atoms with van der Waals surface area (Å²) in [7, 11) is 3.84. The molecule has 2 aliphatic rings. The summed E-state index contributed by atoms with van der Waals surface area (Å²) < 4.78 is 17.1. The van der Waals surface area contributed by atoms with E-state index in [1.54, 1.807) is 7.11 Å². The Labute approximate surface area is 227 Å². The topological polar surface area (TPSA) is 72.4 Å². The fraction of sp³-hybridized carbons (Fsp3) is 0.517. The zero-order chi connectivity index (χ0) is 25.7. The second-order valence-corrected chi connectivity index (χ2v) is 9.83. The number of halogens is 1. The van der Waals surface area contributed by atoms with Crippen molar-refractivity contribution < 1.29 is 19.0 Å². The smallest absolute Gasteiger partial charge is 0.251 e. The number of amides is 1. The molecule has 2 atom stereocenters. The summed E-state index contributed by atoms with van der Waals surface area (Å²) in [6.45, 7) is 9.82. The number of fused-ring (bicyclic) bond motifs is 3. The van der Waals surface area contributed by atoms with Crippen molar-refractivity contribution in [1.82, 2.24) is 10.2 Å². The number of piperidine rings is 1. The second-order valence-electron chi connectivity index (χ2n) is 9.83. The van der Waals surface area contributed by atoms with Gasteiger partial charge in [0.15, 0.2) is 11.5 Å². The van der Waals surface area contributed by atoms with Crippen LogP contribution < -0.4 is 14.8 Å². The molecule has 7 nitrogen and oxygen atoms in total. The number of rotatable bonds is 10. The molecule has 202 valence electrons. The third kappa shape index (κ3) is 6.83. The van der Waals surface area contributed by atoms with Gasteiger partial charge in [0, 0.05) is 42.3 Å². The summed E-state index contributed by atoms with van der Waals surface area (Å²) in [5, 5.41) is 2.98. The molecule has 2 aliphatic heterocycles. The van der Waals surface area contributed by atoms with E-state index in [2.05, 4.69) is 29.4 Å². The van der Waals surface area contributed by atoms with Crippen molar-refractivity contribution in [3.05, 3.63) is 58.7 Å². The number of hydrogen-bond donors (Lipinski definition) is 1. The van der Waals surface area contributed by atoms with Crippen LogP contribution in [0.1, 0.15) is 66.6 Å². The molecule has 0 aromatic heterocycles. The molecule has 8 heteroatoms. The first-order valence-electron chi connectivity index (χ1n) is 13.0. The normalized spacial score (nSPS) is 18.8. The number of benzene rings is 2. The van der Waals surface area contributed by atoms with Gasteiger partial charge in [-0.1, -0.05) is 12.1 Å². The molecule has 37 heavy (non-hydrogen) atoms. The average Bonchev–Trinajstić information content (AvgIpc) is 2.88. The van der Waals surface area contributed by atoms with Gasteiger partial charge in [-0.2, -0.15) is 0 Å². The first-order chi connectivity index (χ1) is 17.4. The monoisotopic (exact) mass is 529 g/mol. The Bertz CT molecular complexity index is 1090. The molecule has 2 aromatic rings. The van der Waals surface area contributed by atoms with Crippen LogP contribution in [0.3, 0.4) is 0 Å². The SMILES string of the molecule is CCOc1cc2c(cc1OC)C(c1ccc(C(=O)NCCCOC(C)C)cc1)=N[C@@H]1CCN(C)C[C@H]21.Cl. The van der Waals surface area contributed by atoms with Crippen molar-refractivity contribution in [3.63, 3.8) is 0 Å². The van der Waals surface area contributed by atoms with Gasteiger partial charge in [-0.15, -0.1) is 12.4 Å². The number of ether oxygens (including phenoxy) is 3. The summed E-state index contributed by atoms with van der Waals surface area (Å²) in [6.07, 6.45) is 2.01. The molecule has 0 radical (unpaired) electrons. The van der Waals surface area contributed by atoms with Gasteiger partial charge in [-0.25, -0.2) is 0 Å². The highest BCUT2D eigenvalue weighted by Gasteiger charge is 2.36. The van der Waals surface area contributed by atoms with Crippen LogP contribution in [0.2, 0.25) is 0 Å². The van der Waals surface area contributed by atoms with Crippen LogP contribution in [0.4, 0.5) is 0 Å². The Morgan fingerprint density at radius 1 is 1.19 bits per heavy atom. The highest BCUT2D eigenvalue weighted by atomic mass is 35.5. The van der Waals surface area contributed by atoms with Gasteiger partial charge in [0.1, 0.15) is 0 Å². The number of likely N-dealkylation sites (N-methyl/N-ethyl adjacent to an activating group) is 1. The minimum Gasteiger partial charge on any atom is -0.493 e. The number of methoxy groups -OCH3 is 1. The Kier molecular flexibility index (Phi) is 10.4. The summed E-state index contributed by atoms with van der Waals surface area (Å²) in [4.78, 5) is 20.2. The van der Waals surface area contributed by atoms with Crippen LogP contribution in [0.15, 0.2) is 41.4 Å². The number of carbonyl (C=O) groups excluding carboxylic acids is 1. The van der Waals surface area contributed by atoms with Crippen molar-refractivity contribution in [2.45, 2.75) is 51.7 Å². The maximum Gasteiger partial charge on any atom is 0.251 e. The van der Waals surface area contributed by atoms with Gasteiger partial charge >= 0.3 is 0 Å². The predicted molar refractivity (Wildman–Crippen MR) is 150 cm³/mol. The van der Waals surface area contributed by atoms with E-state index < -0.39 is 0 Å². The van der Waals surface area contributed by atoms with Gasteiger partial charge in [-0.3, -0.25) is 9.79 Å². The number of nitrogens with zero attached hydrogens (tertiary/aromatic N) is 2. The van der Waals surface area contributed by atoms with E-state index in [-0.39, 0.29) is 30.5 Å². The predicted octanol–water partition coefficient (Wildman–Crippen LogP) is 4.70. The Balaban J connectivity index is 0.00000380. The lowest BCUT2D eigenvalue weighted by molar-refractivity contribution is 0.0757. The highest BCUT2D eigenvalue weighted by Crippen LogP contribution is 2.42. The number of carbonyl (C=O) groups is 1. The Morgan fingerprint density at radius 2 is 1.95 bits per heavy atom.